The van der Waals surface area contributed by atoms with Gasteiger partial charge < -0.3 is 10.2 Å². The van der Waals surface area contributed by atoms with E-state index in [1.165, 1.54) is 5.56 Å². The quantitative estimate of drug-likeness (QED) is 0.757. The summed E-state index contributed by atoms with van der Waals surface area (Å²) in [6.07, 6.45) is 2.73. The maximum Gasteiger partial charge on any atom is 0.260 e. The van der Waals surface area contributed by atoms with Crippen LogP contribution in [-0.2, 0) is 11.2 Å². The Morgan fingerprint density at radius 1 is 0.926 bits per heavy atom. The normalized spacial score (nSPS) is 15.6. The van der Waals surface area contributed by atoms with Crippen LogP contribution in [-0.4, -0.2) is 18.4 Å². The fraction of sp³-hybridized carbons (Fsp3) is 0.217. The second-order valence-electron chi connectivity index (χ2n) is 7.34. The Morgan fingerprint density at radius 2 is 1.63 bits per heavy atom. The monoisotopic (exact) mass is 356 g/mol. The van der Waals surface area contributed by atoms with Crippen molar-refractivity contribution >= 4 is 34.0 Å². The van der Waals surface area contributed by atoms with Gasteiger partial charge in [-0.1, -0.05) is 42.5 Å². The SMILES string of the molecule is O=C(Nc1cc2ccccc2cc1C(=O)N1CCc2ccccc21)C1CC1. The smallest absolute Gasteiger partial charge is 0.260 e. The summed E-state index contributed by atoms with van der Waals surface area (Å²) in [4.78, 5) is 27.6. The first-order valence-corrected chi connectivity index (χ1v) is 9.44. The van der Waals surface area contributed by atoms with Gasteiger partial charge in [0, 0.05) is 18.2 Å². The van der Waals surface area contributed by atoms with Gasteiger partial charge >= 0.3 is 0 Å². The van der Waals surface area contributed by atoms with Crippen LogP contribution in [0.3, 0.4) is 0 Å². The first kappa shape index (κ1) is 16.1. The molecule has 134 valence electrons. The zero-order valence-electron chi connectivity index (χ0n) is 14.9. The molecule has 1 saturated carbocycles. The van der Waals surface area contributed by atoms with Gasteiger partial charge in [-0.2, -0.15) is 0 Å². The molecule has 1 aliphatic carbocycles. The van der Waals surface area contributed by atoms with E-state index in [0.29, 0.717) is 17.8 Å². The van der Waals surface area contributed by atoms with Crippen molar-refractivity contribution in [3.05, 3.63) is 71.8 Å². The molecular formula is C23H20N2O2. The summed E-state index contributed by atoms with van der Waals surface area (Å²) in [5, 5.41) is 5.02. The zero-order valence-corrected chi connectivity index (χ0v) is 14.9. The van der Waals surface area contributed by atoms with Crippen LogP contribution in [0.5, 0.6) is 0 Å². The van der Waals surface area contributed by atoms with Gasteiger partial charge in [-0.15, -0.1) is 0 Å². The van der Waals surface area contributed by atoms with Gasteiger partial charge in [-0.25, -0.2) is 0 Å². The molecule has 1 heterocycles. The molecule has 0 saturated heterocycles. The van der Waals surface area contributed by atoms with Crippen LogP contribution in [0.2, 0.25) is 0 Å². The van der Waals surface area contributed by atoms with Crippen molar-refractivity contribution in [3.8, 4) is 0 Å². The number of carbonyl (C=O) groups is 2. The van der Waals surface area contributed by atoms with Crippen LogP contribution in [0.4, 0.5) is 11.4 Å². The Kier molecular flexibility index (Phi) is 3.71. The van der Waals surface area contributed by atoms with Gasteiger partial charge in [0.15, 0.2) is 0 Å². The van der Waals surface area contributed by atoms with Gasteiger partial charge in [0.05, 0.1) is 11.3 Å². The molecule has 2 aliphatic rings. The van der Waals surface area contributed by atoms with Gasteiger partial charge in [-0.05, 0) is 53.8 Å². The minimum absolute atomic E-state index is 0.0150. The second kappa shape index (κ2) is 6.23. The molecule has 5 rings (SSSR count). The Morgan fingerprint density at radius 3 is 2.41 bits per heavy atom. The van der Waals surface area contributed by atoms with Crippen molar-refractivity contribution in [2.45, 2.75) is 19.3 Å². The zero-order chi connectivity index (χ0) is 18.4. The summed E-state index contributed by atoms with van der Waals surface area (Å²) in [6, 6.07) is 19.8. The summed E-state index contributed by atoms with van der Waals surface area (Å²) in [6.45, 7) is 0.668. The van der Waals surface area contributed by atoms with Crippen molar-refractivity contribution < 1.29 is 9.59 Å². The number of para-hydroxylation sites is 1. The third-order valence-corrected chi connectivity index (χ3v) is 5.45. The Bertz CT molecular complexity index is 1070. The number of anilines is 2. The van der Waals surface area contributed by atoms with Gasteiger partial charge in [0.2, 0.25) is 5.91 Å². The molecule has 1 N–H and O–H groups in total. The number of benzene rings is 3. The molecule has 0 aromatic heterocycles. The molecule has 3 aromatic carbocycles. The number of fused-ring (bicyclic) bond motifs is 2. The molecule has 27 heavy (non-hydrogen) atoms. The number of amides is 2. The van der Waals surface area contributed by atoms with Crippen molar-refractivity contribution in [1.29, 1.82) is 0 Å². The maximum atomic E-state index is 13.4. The maximum absolute atomic E-state index is 13.4. The summed E-state index contributed by atoms with van der Waals surface area (Å²) < 4.78 is 0. The highest BCUT2D eigenvalue weighted by molar-refractivity contribution is 6.14. The van der Waals surface area contributed by atoms with Crippen LogP contribution in [0, 0.1) is 5.92 Å². The molecule has 0 atom stereocenters. The minimum atomic E-state index is -0.0585. The third-order valence-electron chi connectivity index (χ3n) is 5.45. The van der Waals surface area contributed by atoms with E-state index in [4.69, 9.17) is 0 Å². The van der Waals surface area contributed by atoms with Crippen molar-refractivity contribution in [2.75, 3.05) is 16.8 Å². The number of hydrogen-bond donors (Lipinski definition) is 1. The van der Waals surface area contributed by atoms with E-state index in [9.17, 15) is 9.59 Å². The van der Waals surface area contributed by atoms with Crippen LogP contribution >= 0.6 is 0 Å². The topological polar surface area (TPSA) is 49.4 Å². The number of nitrogens with one attached hydrogen (secondary N) is 1. The van der Waals surface area contributed by atoms with Crippen LogP contribution in [0.15, 0.2) is 60.7 Å². The van der Waals surface area contributed by atoms with E-state index in [0.717, 1.165) is 35.7 Å². The van der Waals surface area contributed by atoms with Crippen molar-refractivity contribution in [1.82, 2.24) is 0 Å². The fourth-order valence-electron chi connectivity index (χ4n) is 3.80. The lowest BCUT2D eigenvalue weighted by Gasteiger charge is -2.20. The molecule has 0 spiro atoms. The van der Waals surface area contributed by atoms with Crippen LogP contribution < -0.4 is 10.2 Å². The summed E-state index contributed by atoms with van der Waals surface area (Å²) in [5.41, 5.74) is 3.32. The van der Waals surface area contributed by atoms with E-state index in [-0.39, 0.29) is 17.7 Å². The Labute approximate surface area is 157 Å². The number of nitrogens with zero attached hydrogens (tertiary/aromatic N) is 1. The fourth-order valence-corrected chi connectivity index (χ4v) is 3.80. The highest BCUT2D eigenvalue weighted by Gasteiger charge is 2.32. The third kappa shape index (κ3) is 2.87. The van der Waals surface area contributed by atoms with E-state index < -0.39 is 0 Å². The van der Waals surface area contributed by atoms with E-state index in [1.54, 1.807) is 0 Å². The minimum Gasteiger partial charge on any atom is -0.325 e. The van der Waals surface area contributed by atoms with Crippen LogP contribution in [0.1, 0.15) is 28.8 Å². The molecule has 1 fully saturated rings. The van der Waals surface area contributed by atoms with E-state index >= 15 is 0 Å². The lowest BCUT2D eigenvalue weighted by Crippen LogP contribution is -2.30. The molecule has 4 nitrogen and oxygen atoms in total. The molecule has 0 radical (unpaired) electrons. The second-order valence-corrected chi connectivity index (χ2v) is 7.34. The average Bonchev–Trinajstić information content (AvgIpc) is 3.46. The molecule has 1 aliphatic heterocycles. The Balaban J connectivity index is 1.58. The van der Waals surface area contributed by atoms with Gasteiger partial charge in [-0.3, -0.25) is 9.59 Å². The first-order chi connectivity index (χ1) is 13.2. The standard InChI is InChI=1S/C23H20N2O2/c26-22(16-9-10-16)24-20-14-18-7-2-1-6-17(18)13-19(20)23(27)25-12-11-15-5-3-4-8-21(15)25/h1-8,13-14,16H,9-12H2,(H,24,26). The van der Waals surface area contributed by atoms with Crippen molar-refractivity contribution in [3.63, 3.8) is 0 Å². The molecule has 2 amide bonds. The lowest BCUT2D eigenvalue weighted by molar-refractivity contribution is -0.117. The molecule has 0 bridgehead atoms. The molecule has 4 heteroatoms. The predicted octanol–water partition coefficient (Wildman–Crippen LogP) is 4.39. The van der Waals surface area contributed by atoms with Gasteiger partial charge in [0.25, 0.3) is 5.91 Å². The highest BCUT2D eigenvalue weighted by atomic mass is 16.2. The summed E-state index contributed by atoms with van der Waals surface area (Å²) in [5.74, 6) is 0.0462. The highest BCUT2D eigenvalue weighted by Crippen LogP contribution is 2.34. The molecule has 3 aromatic rings. The predicted molar refractivity (Wildman–Crippen MR) is 107 cm³/mol. The van der Waals surface area contributed by atoms with E-state index in [2.05, 4.69) is 11.4 Å². The number of carbonyl (C=O) groups excluding carboxylic acids is 2. The summed E-state index contributed by atoms with van der Waals surface area (Å²) in [7, 11) is 0. The average molecular weight is 356 g/mol. The van der Waals surface area contributed by atoms with Crippen LogP contribution in [0.25, 0.3) is 10.8 Å². The number of hydrogen-bond acceptors (Lipinski definition) is 2. The summed E-state index contributed by atoms with van der Waals surface area (Å²) >= 11 is 0. The largest absolute Gasteiger partial charge is 0.325 e. The van der Waals surface area contributed by atoms with Crippen molar-refractivity contribution in [2.24, 2.45) is 5.92 Å². The lowest BCUT2D eigenvalue weighted by atomic mass is 10.0. The Hall–Kier alpha value is -3.14. The molecule has 0 unspecified atom stereocenters. The van der Waals surface area contributed by atoms with Gasteiger partial charge in [0.1, 0.15) is 0 Å². The van der Waals surface area contributed by atoms with E-state index in [1.807, 2.05) is 59.5 Å². The molecular weight excluding hydrogens is 336 g/mol. The first-order valence-electron chi connectivity index (χ1n) is 9.44. The number of rotatable bonds is 3.